The Balaban J connectivity index is 1.66. The van der Waals surface area contributed by atoms with Gasteiger partial charge < -0.3 is 20.2 Å². The Morgan fingerprint density at radius 3 is 2.24 bits per heavy atom. The van der Waals surface area contributed by atoms with Crippen molar-refractivity contribution in [3.8, 4) is 0 Å². The van der Waals surface area contributed by atoms with Crippen LogP contribution in [0.4, 0.5) is 10.5 Å². The van der Waals surface area contributed by atoms with Gasteiger partial charge in [-0.1, -0.05) is 68.4 Å². The molecular weight excluding hydrogens is 596 g/mol. The molecule has 1 atom stereocenters. The van der Waals surface area contributed by atoms with Crippen molar-refractivity contribution in [1.82, 2.24) is 15.5 Å². The summed E-state index contributed by atoms with van der Waals surface area (Å²) in [7, 11) is -3.79. The summed E-state index contributed by atoms with van der Waals surface area (Å²) in [4.78, 5) is 43.4. The Morgan fingerprint density at radius 1 is 0.867 bits per heavy atom. The summed E-state index contributed by atoms with van der Waals surface area (Å²) < 4.78 is 34.1. The summed E-state index contributed by atoms with van der Waals surface area (Å²) in [5, 5.41) is 6.51. The highest BCUT2D eigenvalue weighted by Crippen LogP contribution is 2.29. The Hall–Kier alpha value is -4.00. The maximum atomic E-state index is 13.5. The highest BCUT2D eigenvalue weighted by Gasteiger charge is 2.25. The van der Waals surface area contributed by atoms with Gasteiger partial charge in [0.2, 0.25) is 15.9 Å². The molecule has 0 radical (unpaired) electrons. The number of carbonyl (C=O) groups is 3. The number of anilines is 1. The van der Waals surface area contributed by atoms with Crippen molar-refractivity contribution in [3.05, 3.63) is 72.3 Å². The first-order valence-corrected chi connectivity index (χ1v) is 16.5. The lowest BCUT2D eigenvalue weighted by molar-refractivity contribution is -0.150. The van der Waals surface area contributed by atoms with Gasteiger partial charge in [-0.2, -0.15) is 5.48 Å². The fraction of sp³-hybridized carbons (Fsp3) is 0.424. The monoisotopic (exact) mass is 640 g/mol. The van der Waals surface area contributed by atoms with Crippen LogP contribution in [0.1, 0.15) is 59.4 Å². The van der Waals surface area contributed by atoms with Crippen molar-refractivity contribution < 1.29 is 32.4 Å². The highest BCUT2D eigenvalue weighted by molar-refractivity contribution is 7.89. The van der Waals surface area contributed by atoms with E-state index in [1.165, 1.54) is 6.07 Å². The minimum absolute atomic E-state index is 0.108. The molecule has 2 amide bonds. The van der Waals surface area contributed by atoms with Crippen molar-refractivity contribution in [2.75, 3.05) is 18.4 Å². The first-order chi connectivity index (χ1) is 21.2. The molecule has 3 rings (SSSR count). The third kappa shape index (κ3) is 11.8. The number of ether oxygens (including phenoxy) is 1. The van der Waals surface area contributed by atoms with Gasteiger partial charge in [0.15, 0.2) is 0 Å². The quantitative estimate of drug-likeness (QED) is 0.133. The Labute approximate surface area is 265 Å². The Kier molecular flexibility index (Phi) is 12.9. The predicted octanol–water partition coefficient (Wildman–Crippen LogP) is 5.07. The number of amides is 2. The van der Waals surface area contributed by atoms with Gasteiger partial charge in [-0.05, 0) is 63.6 Å². The Bertz CT molecular complexity index is 1550. The average molecular weight is 641 g/mol. The van der Waals surface area contributed by atoms with Gasteiger partial charge in [-0.3, -0.25) is 9.59 Å². The molecule has 12 heteroatoms. The first kappa shape index (κ1) is 35.5. The third-order valence-electron chi connectivity index (χ3n) is 6.52. The summed E-state index contributed by atoms with van der Waals surface area (Å²) in [6.45, 7) is 9.66. The molecular formula is C33H44N4O7S. The molecule has 0 heterocycles. The largest absolute Gasteiger partial charge is 0.444 e. The Morgan fingerprint density at radius 2 is 1.56 bits per heavy atom. The summed E-state index contributed by atoms with van der Waals surface area (Å²) in [6.07, 6.45) is 0.742. The number of hydrogen-bond donors (Lipinski definition) is 4. The van der Waals surface area contributed by atoms with Gasteiger partial charge in [-0.25, -0.2) is 17.9 Å². The molecule has 0 aliphatic rings. The van der Waals surface area contributed by atoms with E-state index >= 15 is 0 Å². The second-order valence-corrected chi connectivity index (χ2v) is 13.9. The van der Waals surface area contributed by atoms with Crippen LogP contribution >= 0.6 is 0 Å². The van der Waals surface area contributed by atoms with Gasteiger partial charge in [0.05, 0.1) is 11.3 Å². The SMILES string of the molecule is CC(C)CNS(=O)(=O)c1cccc2c(NC(=O)[C@@H](CCCCNOC(=O)Cc3ccccc3)NC(=O)OC(C)(C)C)cccc12. The standard InChI is InChI=1S/C33H44N4O7S/c1-23(2)22-35-45(41,42)29-19-12-15-25-26(29)16-11-18-27(25)36-31(39)28(37-32(40)43-33(3,4)5)17-9-10-20-34-44-30(38)21-24-13-7-6-8-14-24/h6-8,11-16,18-19,23,28,34-35H,9-10,17,20-22H2,1-5H3,(H,36,39)(H,37,40)/t28-/m1/s1. The van der Waals surface area contributed by atoms with E-state index < -0.39 is 39.6 Å². The minimum atomic E-state index is -3.79. The number of rotatable bonds is 15. The molecule has 11 nitrogen and oxygen atoms in total. The molecule has 0 unspecified atom stereocenters. The van der Waals surface area contributed by atoms with Crippen LogP contribution in [0, 0.1) is 5.92 Å². The van der Waals surface area contributed by atoms with E-state index in [1.54, 1.807) is 51.1 Å². The van der Waals surface area contributed by atoms with Crippen LogP contribution in [0.15, 0.2) is 71.6 Å². The van der Waals surface area contributed by atoms with E-state index in [0.29, 0.717) is 42.4 Å². The molecule has 0 saturated carbocycles. The normalized spacial score (nSPS) is 12.5. The number of carbonyl (C=O) groups excluding carboxylic acids is 3. The van der Waals surface area contributed by atoms with Crippen LogP contribution < -0.4 is 20.8 Å². The number of sulfonamides is 1. The number of nitrogens with one attached hydrogen (secondary N) is 4. The molecule has 3 aromatic carbocycles. The molecule has 0 aromatic heterocycles. The van der Waals surface area contributed by atoms with E-state index in [9.17, 15) is 22.8 Å². The van der Waals surface area contributed by atoms with Crippen molar-refractivity contribution in [1.29, 1.82) is 0 Å². The van der Waals surface area contributed by atoms with Crippen molar-refractivity contribution >= 4 is 44.5 Å². The van der Waals surface area contributed by atoms with Crippen molar-refractivity contribution in [2.24, 2.45) is 5.92 Å². The maximum Gasteiger partial charge on any atom is 0.408 e. The number of unbranched alkanes of at least 4 members (excludes halogenated alkanes) is 1. The highest BCUT2D eigenvalue weighted by atomic mass is 32.2. The fourth-order valence-electron chi connectivity index (χ4n) is 4.39. The lowest BCUT2D eigenvalue weighted by atomic mass is 10.1. The van der Waals surface area contributed by atoms with E-state index in [0.717, 1.165) is 5.56 Å². The molecule has 0 spiro atoms. The molecule has 0 fully saturated rings. The third-order valence-corrected chi connectivity index (χ3v) is 8.00. The van der Waals surface area contributed by atoms with E-state index in [-0.39, 0.29) is 23.7 Å². The topological polar surface area (TPSA) is 152 Å². The molecule has 0 aliphatic heterocycles. The number of fused-ring (bicyclic) bond motifs is 1. The van der Waals surface area contributed by atoms with Gasteiger partial charge in [0.25, 0.3) is 0 Å². The second-order valence-electron chi connectivity index (χ2n) is 12.1. The predicted molar refractivity (Wildman–Crippen MR) is 174 cm³/mol. The molecule has 3 aromatic rings. The van der Waals surface area contributed by atoms with Gasteiger partial charge in [0, 0.05) is 29.5 Å². The molecule has 244 valence electrons. The molecule has 45 heavy (non-hydrogen) atoms. The number of hydroxylamine groups is 1. The van der Waals surface area contributed by atoms with Gasteiger partial charge >= 0.3 is 12.1 Å². The second kappa shape index (κ2) is 16.4. The van der Waals surface area contributed by atoms with E-state index in [1.807, 2.05) is 44.2 Å². The van der Waals surface area contributed by atoms with E-state index in [4.69, 9.17) is 9.57 Å². The number of alkyl carbamates (subject to hydrolysis) is 1. The van der Waals surface area contributed by atoms with E-state index in [2.05, 4.69) is 20.8 Å². The average Bonchev–Trinajstić information content (AvgIpc) is 2.96. The van der Waals surface area contributed by atoms with Crippen molar-refractivity contribution in [2.45, 2.75) is 76.8 Å². The van der Waals surface area contributed by atoms with Crippen LogP contribution in [-0.4, -0.2) is 51.1 Å². The molecule has 4 N–H and O–H groups in total. The number of benzene rings is 3. The van der Waals surface area contributed by atoms with Crippen LogP contribution in [0.5, 0.6) is 0 Å². The van der Waals surface area contributed by atoms with Crippen LogP contribution in [0.2, 0.25) is 0 Å². The summed E-state index contributed by atoms with van der Waals surface area (Å²) in [6, 6.07) is 18.2. The zero-order chi connectivity index (χ0) is 33.0. The summed E-state index contributed by atoms with van der Waals surface area (Å²) in [5.74, 6) is -0.766. The summed E-state index contributed by atoms with van der Waals surface area (Å²) in [5.41, 5.74) is 3.14. The summed E-state index contributed by atoms with van der Waals surface area (Å²) >= 11 is 0. The van der Waals surface area contributed by atoms with Crippen molar-refractivity contribution in [3.63, 3.8) is 0 Å². The van der Waals surface area contributed by atoms with Crippen LogP contribution in [0.3, 0.4) is 0 Å². The number of hydrogen-bond acceptors (Lipinski definition) is 8. The zero-order valence-corrected chi connectivity index (χ0v) is 27.3. The molecule has 0 bridgehead atoms. The molecule has 0 aliphatic carbocycles. The van der Waals surface area contributed by atoms with Crippen LogP contribution in [0.25, 0.3) is 10.8 Å². The lowest BCUT2D eigenvalue weighted by Crippen LogP contribution is -2.45. The minimum Gasteiger partial charge on any atom is -0.444 e. The van der Waals surface area contributed by atoms with Gasteiger partial charge in [-0.15, -0.1) is 0 Å². The lowest BCUT2D eigenvalue weighted by Gasteiger charge is -2.23. The van der Waals surface area contributed by atoms with Crippen LogP contribution in [-0.2, 0) is 35.6 Å². The smallest absolute Gasteiger partial charge is 0.408 e. The fourth-order valence-corrected chi connectivity index (χ4v) is 5.83. The molecule has 0 saturated heterocycles. The maximum absolute atomic E-state index is 13.5. The zero-order valence-electron chi connectivity index (χ0n) is 26.5. The van der Waals surface area contributed by atoms with Gasteiger partial charge in [0.1, 0.15) is 11.6 Å². The first-order valence-electron chi connectivity index (χ1n) is 15.0.